The Morgan fingerprint density at radius 3 is 2.35 bits per heavy atom. The van der Waals surface area contributed by atoms with E-state index in [2.05, 4.69) is 5.16 Å². The zero-order valence-electron chi connectivity index (χ0n) is 11.1. The Hall–Kier alpha value is -2.12. The summed E-state index contributed by atoms with van der Waals surface area (Å²) in [4.78, 5) is 0.0702. The number of sulfonamides is 1. The van der Waals surface area contributed by atoms with Crippen LogP contribution in [0.2, 0.25) is 0 Å². The molecular weight excluding hydrogens is 278 g/mol. The summed E-state index contributed by atoms with van der Waals surface area (Å²) in [6.45, 7) is 3.80. The van der Waals surface area contributed by atoms with Gasteiger partial charge >= 0.3 is 0 Å². The smallest absolute Gasteiger partial charge is 0.238 e. The average molecular weight is 293 g/mol. The lowest BCUT2D eigenvalue weighted by molar-refractivity contribution is 0.322. The highest BCUT2D eigenvalue weighted by Crippen LogP contribution is 2.21. The second-order valence-corrected chi connectivity index (χ2v) is 6.01. The third-order valence-corrected chi connectivity index (χ3v) is 4.02. The van der Waals surface area contributed by atoms with Gasteiger partial charge in [0.25, 0.3) is 0 Å². The maximum absolute atomic E-state index is 11.2. The molecule has 0 atom stereocenters. The largest absolute Gasteiger partial charge is 0.411 e. The van der Waals surface area contributed by atoms with Crippen molar-refractivity contribution in [3.8, 4) is 5.69 Å². The van der Waals surface area contributed by atoms with E-state index in [9.17, 15) is 8.42 Å². The minimum Gasteiger partial charge on any atom is -0.411 e. The molecule has 1 aromatic carbocycles. The van der Waals surface area contributed by atoms with E-state index in [-0.39, 0.29) is 4.90 Å². The Balaban J connectivity index is 2.52. The highest BCUT2D eigenvalue weighted by molar-refractivity contribution is 7.89. The van der Waals surface area contributed by atoms with Gasteiger partial charge in [0.2, 0.25) is 10.0 Å². The van der Waals surface area contributed by atoms with Crippen LogP contribution < -0.4 is 5.14 Å². The number of aryl methyl sites for hydroxylation is 1. The molecule has 6 nitrogen and oxygen atoms in total. The fourth-order valence-corrected chi connectivity index (χ4v) is 2.68. The third-order valence-electron chi connectivity index (χ3n) is 3.09. The molecule has 20 heavy (non-hydrogen) atoms. The predicted molar refractivity (Wildman–Crippen MR) is 76.0 cm³/mol. The Morgan fingerprint density at radius 2 is 1.85 bits per heavy atom. The van der Waals surface area contributed by atoms with Crippen LogP contribution in [0.3, 0.4) is 0 Å². The zero-order valence-corrected chi connectivity index (χ0v) is 11.9. The lowest BCUT2D eigenvalue weighted by Gasteiger charge is -2.10. The van der Waals surface area contributed by atoms with Crippen molar-refractivity contribution < 1.29 is 13.6 Å². The van der Waals surface area contributed by atoms with Crippen LogP contribution in [0.5, 0.6) is 0 Å². The van der Waals surface area contributed by atoms with Gasteiger partial charge in [-0.15, -0.1) is 0 Å². The first-order valence-corrected chi connectivity index (χ1v) is 7.39. The summed E-state index contributed by atoms with van der Waals surface area (Å²) in [6, 6.07) is 8.16. The highest BCUT2D eigenvalue weighted by Gasteiger charge is 2.11. The van der Waals surface area contributed by atoms with Crippen LogP contribution in [-0.4, -0.2) is 24.4 Å². The monoisotopic (exact) mass is 293 g/mol. The topological polar surface area (TPSA) is 97.7 Å². The number of primary sulfonamides is 1. The number of benzene rings is 1. The van der Waals surface area contributed by atoms with E-state index >= 15 is 0 Å². The fraction of sp³-hybridized carbons (Fsp3) is 0.154. The molecule has 0 fully saturated rings. The summed E-state index contributed by atoms with van der Waals surface area (Å²) in [5.41, 5.74) is 3.44. The van der Waals surface area contributed by atoms with Gasteiger partial charge in [0.1, 0.15) is 0 Å². The Morgan fingerprint density at radius 1 is 1.25 bits per heavy atom. The standard InChI is InChI=1S/C13H15N3O3S/c1-9-7-11(8-15-17)10(2)16(9)12-3-5-13(6-4-12)20(14,18)19/h3-8,17H,1-2H3,(H2,14,18,19). The van der Waals surface area contributed by atoms with Gasteiger partial charge in [-0.25, -0.2) is 13.6 Å². The molecule has 7 heteroatoms. The maximum atomic E-state index is 11.2. The van der Waals surface area contributed by atoms with Gasteiger partial charge in [0, 0.05) is 22.6 Å². The van der Waals surface area contributed by atoms with E-state index < -0.39 is 10.0 Å². The van der Waals surface area contributed by atoms with Crippen molar-refractivity contribution in [1.29, 1.82) is 0 Å². The van der Waals surface area contributed by atoms with Crippen molar-refractivity contribution >= 4 is 16.2 Å². The minimum absolute atomic E-state index is 0.0702. The molecule has 0 aliphatic rings. The van der Waals surface area contributed by atoms with Gasteiger partial charge in [0.05, 0.1) is 11.1 Å². The van der Waals surface area contributed by atoms with E-state index in [1.807, 2.05) is 24.5 Å². The van der Waals surface area contributed by atoms with Gasteiger partial charge in [-0.05, 0) is 44.2 Å². The molecule has 106 valence electrons. The van der Waals surface area contributed by atoms with Crippen LogP contribution in [0.15, 0.2) is 40.4 Å². The Bertz CT molecular complexity index is 759. The summed E-state index contributed by atoms with van der Waals surface area (Å²) in [5, 5.41) is 16.7. The fourth-order valence-electron chi connectivity index (χ4n) is 2.16. The minimum atomic E-state index is -3.69. The van der Waals surface area contributed by atoms with Crippen molar-refractivity contribution in [3.05, 3.63) is 47.3 Å². The number of nitrogens with zero attached hydrogens (tertiary/aromatic N) is 2. The molecule has 0 aliphatic carbocycles. The van der Waals surface area contributed by atoms with Crippen LogP contribution in [0.1, 0.15) is 17.0 Å². The molecule has 3 N–H and O–H groups in total. The SMILES string of the molecule is Cc1cc(C=NO)c(C)n1-c1ccc(S(N)(=O)=O)cc1. The first-order chi connectivity index (χ1) is 9.34. The zero-order chi connectivity index (χ0) is 14.9. The molecule has 0 bridgehead atoms. The highest BCUT2D eigenvalue weighted by atomic mass is 32.2. The van der Waals surface area contributed by atoms with E-state index in [4.69, 9.17) is 10.3 Å². The summed E-state index contributed by atoms with van der Waals surface area (Å²) < 4.78 is 24.4. The maximum Gasteiger partial charge on any atom is 0.238 e. The van der Waals surface area contributed by atoms with E-state index in [1.165, 1.54) is 18.3 Å². The van der Waals surface area contributed by atoms with Gasteiger partial charge in [-0.1, -0.05) is 5.16 Å². The second kappa shape index (κ2) is 5.10. The van der Waals surface area contributed by atoms with Crippen LogP contribution in [0.25, 0.3) is 5.69 Å². The number of aromatic nitrogens is 1. The lowest BCUT2D eigenvalue weighted by atomic mass is 10.2. The van der Waals surface area contributed by atoms with Gasteiger partial charge < -0.3 is 9.77 Å². The van der Waals surface area contributed by atoms with Crippen LogP contribution in [0.4, 0.5) is 0 Å². The van der Waals surface area contributed by atoms with Crippen molar-refractivity contribution in [3.63, 3.8) is 0 Å². The quantitative estimate of drug-likeness (QED) is 0.510. The van der Waals surface area contributed by atoms with E-state index in [0.717, 1.165) is 22.6 Å². The van der Waals surface area contributed by atoms with Crippen molar-refractivity contribution in [2.24, 2.45) is 10.3 Å². The molecule has 0 saturated carbocycles. The summed E-state index contributed by atoms with van der Waals surface area (Å²) >= 11 is 0. The first kappa shape index (κ1) is 14.3. The molecule has 0 unspecified atom stereocenters. The number of hydrogen-bond donors (Lipinski definition) is 2. The first-order valence-electron chi connectivity index (χ1n) is 5.84. The molecule has 1 aromatic heterocycles. The van der Waals surface area contributed by atoms with Crippen LogP contribution in [-0.2, 0) is 10.0 Å². The van der Waals surface area contributed by atoms with Crippen molar-refractivity contribution in [1.82, 2.24) is 4.57 Å². The number of hydrogen-bond acceptors (Lipinski definition) is 4. The molecule has 2 rings (SSSR count). The third kappa shape index (κ3) is 2.59. The van der Waals surface area contributed by atoms with E-state index in [0.29, 0.717) is 0 Å². The molecule has 0 saturated heterocycles. The summed E-state index contributed by atoms with van der Waals surface area (Å²) in [5.74, 6) is 0. The lowest BCUT2D eigenvalue weighted by Crippen LogP contribution is -2.12. The summed E-state index contributed by atoms with van der Waals surface area (Å²) in [7, 11) is -3.69. The normalized spacial score (nSPS) is 12.2. The van der Waals surface area contributed by atoms with Gasteiger partial charge in [-0.3, -0.25) is 0 Å². The molecule has 2 aromatic rings. The molecule has 0 spiro atoms. The number of nitrogens with two attached hydrogens (primary N) is 1. The van der Waals surface area contributed by atoms with Crippen molar-refractivity contribution in [2.45, 2.75) is 18.7 Å². The van der Waals surface area contributed by atoms with Gasteiger partial charge in [0.15, 0.2) is 0 Å². The number of rotatable bonds is 3. The van der Waals surface area contributed by atoms with Gasteiger partial charge in [-0.2, -0.15) is 0 Å². The molecule has 0 aliphatic heterocycles. The summed E-state index contributed by atoms with van der Waals surface area (Å²) in [6.07, 6.45) is 1.36. The van der Waals surface area contributed by atoms with Crippen LogP contribution >= 0.6 is 0 Å². The molecule has 0 radical (unpaired) electrons. The number of oxime groups is 1. The van der Waals surface area contributed by atoms with Crippen LogP contribution in [0, 0.1) is 13.8 Å². The van der Waals surface area contributed by atoms with Crippen molar-refractivity contribution in [2.75, 3.05) is 0 Å². The molecule has 0 amide bonds. The van der Waals surface area contributed by atoms with E-state index in [1.54, 1.807) is 12.1 Å². The predicted octanol–water partition coefficient (Wildman–Crippen LogP) is 1.55. The Kier molecular flexibility index (Phi) is 3.65. The second-order valence-electron chi connectivity index (χ2n) is 4.45. The average Bonchev–Trinajstić information content (AvgIpc) is 2.64. The molecule has 1 heterocycles. The molecular formula is C13H15N3O3S. The Labute approximate surface area is 117 Å².